The van der Waals surface area contributed by atoms with Crippen LogP contribution in [0.2, 0.25) is 0 Å². The highest BCUT2D eigenvalue weighted by atomic mass is 16.6. The summed E-state index contributed by atoms with van der Waals surface area (Å²) in [6, 6.07) is -0.663. The molecule has 18 heavy (non-hydrogen) atoms. The summed E-state index contributed by atoms with van der Waals surface area (Å²) in [6.45, 7) is 5.21. The molecule has 0 aliphatic heterocycles. The van der Waals surface area contributed by atoms with Gasteiger partial charge in [-0.15, -0.1) is 0 Å². The van der Waals surface area contributed by atoms with Gasteiger partial charge in [0, 0.05) is 6.42 Å². The Labute approximate surface area is 106 Å². The third-order valence-corrected chi connectivity index (χ3v) is 2.58. The van der Waals surface area contributed by atoms with Crippen LogP contribution >= 0.6 is 0 Å². The predicted octanol–water partition coefficient (Wildman–Crippen LogP) is 1.03. The first-order valence-electron chi connectivity index (χ1n) is 5.83. The minimum atomic E-state index is -0.663. The fraction of sp³-hybridized carbons (Fsp3) is 0.750. The minimum absolute atomic E-state index is 0.104. The van der Waals surface area contributed by atoms with Crippen LogP contribution in [0.25, 0.3) is 0 Å². The van der Waals surface area contributed by atoms with Crippen molar-refractivity contribution in [2.75, 3.05) is 7.11 Å². The van der Waals surface area contributed by atoms with Crippen molar-refractivity contribution in [3.8, 4) is 0 Å². The average Bonchev–Trinajstić information content (AvgIpc) is 2.56. The molecule has 1 N–H and O–H groups in total. The van der Waals surface area contributed by atoms with Gasteiger partial charge in [-0.2, -0.15) is 0 Å². The number of hydrogen-bond donors (Lipinski definition) is 1. The Balaban J connectivity index is 2.51. The zero-order valence-corrected chi connectivity index (χ0v) is 11.1. The van der Waals surface area contributed by atoms with Crippen LogP contribution in [0, 0.1) is 5.92 Å². The number of alkyl carbamates (subject to hydrolysis) is 1. The van der Waals surface area contributed by atoms with E-state index in [1.54, 1.807) is 20.8 Å². The van der Waals surface area contributed by atoms with Gasteiger partial charge in [0.05, 0.1) is 19.1 Å². The molecule has 102 valence electrons. The van der Waals surface area contributed by atoms with Gasteiger partial charge in [-0.3, -0.25) is 9.59 Å². The lowest BCUT2D eigenvalue weighted by atomic mass is 10.1. The second kappa shape index (κ2) is 5.37. The Morgan fingerprint density at radius 3 is 2.44 bits per heavy atom. The minimum Gasteiger partial charge on any atom is -0.469 e. The standard InChI is InChI=1S/C12H19NO5/c1-12(2,3)18-11(16)13-8-5-7(6-9(8)14)10(15)17-4/h7-8H,5-6H2,1-4H3,(H,13,16)/t7?,8-/m1/s1. The molecular weight excluding hydrogens is 238 g/mol. The molecule has 6 nitrogen and oxygen atoms in total. The van der Waals surface area contributed by atoms with Gasteiger partial charge >= 0.3 is 12.1 Å². The Morgan fingerprint density at radius 1 is 1.33 bits per heavy atom. The van der Waals surface area contributed by atoms with Gasteiger partial charge < -0.3 is 14.8 Å². The third-order valence-electron chi connectivity index (χ3n) is 2.58. The summed E-state index contributed by atoms with van der Waals surface area (Å²) < 4.78 is 9.63. The van der Waals surface area contributed by atoms with Gasteiger partial charge in [0.1, 0.15) is 5.60 Å². The number of nitrogens with one attached hydrogen (secondary N) is 1. The summed E-state index contributed by atoms with van der Waals surface area (Å²) in [6.07, 6.45) is -0.274. The lowest BCUT2D eigenvalue weighted by molar-refractivity contribution is -0.145. The summed E-state index contributed by atoms with van der Waals surface area (Å²) in [4.78, 5) is 34.4. The molecule has 1 saturated carbocycles. The fourth-order valence-corrected chi connectivity index (χ4v) is 1.82. The molecule has 1 unspecified atom stereocenters. The maximum absolute atomic E-state index is 11.6. The summed E-state index contributed by atoms with van der Waals surface area (Å²) in [5.74, 6) is -1.06. The number of carbonyl (C=O) groups excluding carboxylic acids is 3. The monoisotopic (exact) mass is 257 g/mol. The Kier molecular flexibility index (Phi) is 4.32. The van der Waals surface area contributed by atoms with Gasteiger partial charge in [-0.05, 0) is 27.2 Å². The molecule has 1 aliphatic rings. The summed E-state index contributed by atoms with van der Waals surface area (Å²) in [5.41, 5.74) is -0.618. The highest BCUT2D eigenvalue weighted by Crippen LogP contribution is 2.24. The zero-order valence-electron chi connectivity index (χ0n) is 11.1. The van der Waals surface area contributed by atoms with Gasteiger partial charge in [0.15, 0.2) is 5.78 Å². The van der Waals surface area contributed by atoms with Crippen LogP contribution in [0.4, 0.5) is 4.79 Å². The zero-order chi connectivity index (χ0) is 13.9. The van der Waals surface area contributed by atoms with Crippen LogP contribution in [0.15, 0.2) is 0 Å². The quantitative estimate of drug-likeness (QED) is 0.747. The number of methoxy groups -OCH3 is 1. The predicted molar refractivity (Wildman–Crippen MR) is 62.9 cm³/mol. The molecule has 0 aromatic rings. The van der Waals surface area contributed by atoms with Crippen molar-refractivity contribution < 1.29 is 23.9 Å². The molecule has 0 heterocycles. The first-order valence-corrected chi connectivity index (χ1v) is 5.83. The number of esters is 1. The van der Waals surface area contributed by atoms with Crippen LogP contribution in [-0.4, -0.2) is 36.6 Å². The molecule has 2 atom stereocenters. The maximum Gasteiger partial charge on any atom is 0.408 e. The van der Waals surface area contributed by atoms with E-state index in [0.29, 0.717) is 0 Å². The normalized spacial score (nSPS) is 23.7. The van der Waals surface area contributed by atoms with E-state index in [9.17, 15) is 14.4 Å². The van der Waals surface area contributed by atoms with Crippen molar-refractivity contribution >= 4 is 17.8 Å². The number of ketones is 1. The summed E-state index contributed by atoms with van der Waals surface area (Å²) >= 11 is 0. The van der Waals surface area contributed by atoms with E-state index in [0.717, 1.165) is 0 Å². The summed E-state index contributed by atoms with van der Waals surface area (Å²) in [7, 11) is 1.28. The first-order chi connectivity index (χ1) is 8.23. The number of Topliss-reactive ketones (excluding diaryl/α,β-unsaturated/α-hetero) is 1. The number of carbonyl (C=O) groups is 3. The van der Waals surface area contributed by atoms with E-state index >= 15 is 0 Å². The van der Waals surface area contributed by atoms with Crippen LogP contribution in [0.3, 0.4) is 0 Å². The molecular formula is C12H19NO5. The molecule has 1 rings (SSSR count). The molecule has 1 aliphatic carbocycles. The second-order valence-corrected chi connectivity index (χ2v) is 5.33. The second-order valence-electron chi connectivity index (χ2n) is 5.33. The Bertz CT molecular complexity index is 358. The van der Waals surface area contributed by atoms with E-state index in [1.807, 2.05) is 0 Å². The van der Waals surface area contributed by atoms with Crippen molar-refractivity contribution in [2.45, 2.75) is 45.3 Å². The van der Waals surface area contributed by atoms with E-state index in [2.05, 4.69) is 10.1 Å². The number of hydrogen-bond acceptors (Lipinski definition) is 5. The van der Waals surface area contributed by atoms with Gasteiger partial charge in [0.2, 0.25) is 0 Å². The topological polar surface area (TPSA) is 81.7 Å². The van der Waals surface area contributed by atoms with Crippen LogP contribution < -0.4 is 5.32 Å². The molecule has 0 spiro atoms. The first kappa shape index (κ1) is 14.5. The molecule has 0 radical (unpaired) electrons. The smallest absolute Gasteiger partial charge is 0.408 e. The largest absolute Gasteiger partial charge is 0.469 e. The van der Waals surface area contributed by atoms with Gasteiger partial charge in [-0.1, -0.05) is 0 Å². The van der Waals surface area contributed by atoms with E-state index in [-0.39, 0.29) is 18.6 Å². The highest BCUT2D eigenvalue weighted by molar-refractivity contribution is 5.93. The van der Waals surface area contributed by atoms with Gasteiger partial charge in [0.25, 0.3) is 0 Å². The molecule has 0 saturated heterocycles. The van der Waals surface area contributed by atoms with Crippen molar-refractivity contribution in [1.29, 1.82) is 0 Å². The van der Waals surface area contributed by atoms with E-state index < -0.39 is 29.6 Å². The fourth-order valence-electron chi connectivity index (χ4n) is 1.82. The number of rotatable bonds is 2. The molecule has 1 amide bonds. The van der Waals surface area contributed by atoms with Gasteiger partial charge in [-0.25, -0.2) is 4.79 Å². The number of ether oxygens (including phenoxy) is 2. The molecule has 0 aromatic carbocycles. The lowest BCUT2D eigenvalue weighted by Gasteiger charge is -2.21. The van der Waals surface area contributed by atoms with E-state index in [4.69, 9.17) is 4.74 Å². The Morgan fingerprint density at radius 2 is 1.94 bits per heavy atom. The molecule has 0 bridgehead atoms. The molecule has 0 aromatic heterocycles. The molecule has 1 fully saturated rings. The SMILES string of the molecule is COC(=O)C1CC(=O)[C@H](NC(=O)OC(C)(C)C)C1. The van der Waals surface area contributed by atoms with Crippen LogP contribution in [-0.2, 0) is 19.1 Å². The van der Waals surface area contributed by atoms with Crippen molar-refractivity contribution in [1.82, 2.24) is 5.32 Å². The Hall–Kier alpha value is -1.59. The van der Waals surface area contributed by atoms with Crippen molar-refractivity contribution in [3.63, 3.8) is 0 Å². The number of amides is 1. The van der Waals surface area contributed by atoms with Crippen LogP contribution in [0.5, 0.6) is 0 Å². The molecule has 6 heteroatoms. The maximum atomic E-state index is 11.6. The third kappa shape index (κ3) is 4.01. The van der Waals surface area contributed by atoms with Crippen LogP contribution in [0.1, 0.15) is 33.6 Å². The summed E-state index contributed by atoms with van der Waals surface area (Å²) in [5, 5.41) is 2.48. The van der Waals surface area contributed by atoms with Crippen molar-refractivity contribution in [2.24, 2.45) is 5.92 Å². The van der Waals surface area contributed by atoms with Crippen molar-refractivity contribution in [3.05, 3.63) is 0 Å². The average molecular weight is 257 g/mol. The lowest BCUT2D eigenvalue weighted by Crippen LogP contribution is -2.41. The van der Waals surface area contributed by atoms with E-state index in [1.165, 1.54) is 7.11 Å². The highest BCUT2D eigenvalue weighted by Gasteiger charge is 2.38.